The van der Waals surface area contributed by atoms with Crippen LogP contribution in [0.5, 0.6) is 11.5 Å². The second kappa shape index (κ2) is 9.10. The van der Waals surface area contributed by atoms with E-state index in [1.54, 1.807) is 31.4 Å². The SMILES string of the molecule is CC[C@H](Oc1ccc(OC)cc1)C(=O)Nc1cc(C(=O)OC)ccc1Cl. The fraction of sp³-hybridized carbons (Fsp3) is 0.263. The Hall–Kier alpha value is -2.73. The van der Waals surface area contributed by atoms with E-state index in [0.717, 1.165) is 0 Å². The molecule has 0 fully saturated rings. The maximum absolute atomic E-state index is 12.5. The Morgan fingerprint density at radius 1 is 1.08 bits per heavy atom. The van der Waals surface area contributed by atoms with Gasteiger partial charge < -0.3 is 19.5 Å². The maximum atomic E-state index is 12.5. The molecule has 0 unspecified atom stereocenters. The lowest BCUT2D eigenvalue weighted by Gasteiger charge is -2.18. The minimum absolute atomic E-state index is 0.288. The molecular weight excluding hydrogens is 358 g/mol. The van der Waals surface area contributed by atoms with Gasteiger partial charge in [-0.05, 0) is 48.9 Å². The fourth-order valence-corrected chi connectivity index (χ4v) is 2.38. The number of rotatable bonds is 7. The van der Waals surface area contributed by atoms with Gasteiger partial charge in [0.05, 0.1) is 30.5 Å². The average molecular weight is 378 g/mol. The number of methoxy groups -OCH3 is 2. The summed E-state index contributed by atoms with van der Waals surface area (Å²) in [6, 6.07) is 11.4. The van der Waals surface area contributed by atoms with Crippen LogP contribution in [0.15, 0.2) is 42.5 Å². The molecular formula is C19H20ClNO5. The van der Waals surface area contributed by atoms with E-state index < -0.39 is 12.1 Å². The molecule has 0 aromatic heterocycles. The summed E-state index contributed by atoms with van der Waals surface area (Å²) in [5.41, 5.74) is 0.604. The highest BCUT2D eigenvalue weighted by Crippen LogP contribution is 2.25. The van der Waals surface area contributed by atoms with Crippen LogP contribution in [0.3, 0.4) is 0 Å². The van der Waals surface area contributed by atoms with Crippen LogP contribution in [0.4, 0.5) is 5.69 Å². The van der Waals surface area contributed by atoms with E-state index in [1.165, 1.54) is 25.3 Å². The lowest BCUT2D eigenvalue weighted by Crippen LogP contribution is -2.32. The van der Waals surface area contributed by atoms with Crippen LogP contribution in [0.1, 0.15) is 23.7 Å². The van der Waals surface area contributed by atoms with Crippen molar-refractivity contribution in [3.05, 3.63) is 53.1 Å². The van der Waals surface area contributed by atoms with Crippen LogP contribution < -0.4 is 14.8 Å². The minimum atomic E-state index is -0.721. The second-order valence-corrected chi connectivity index (χ2v) is 5.77. The first-order chi connectivity index (χ1) is 12.5. The van der Waals surface area contributed by atoms with Gasteiger partial charge in [0.1, 0.15) is 11.5 Å². The van der Waals surface area contributed by atoms with Crippen LogP contribution >= 0.6 is 11.6 Å². The quantitative estimate of drug-likeness (QED) is 0.740. The molecule has 0 aliphatic heterocycles. The molecule has 1 atom stereocenters. The molecule has 0 saturated carbocycles. The maximum Gasteiger partial charge on any atom is 0.337 e. The van der Waals surface area contributed by atoms with Gasteiger partial charge in [0.15, 0.2) is 6.10 Å². The second-order valence-electron chi connectivity index (χ2n) is 5.37. The third kappa shape index (κ3) is 4.89. The zero-order chi connectivity index (χ0) is 19.1. The smallest absolute Gasteiger partial charge is 0.337 e. The van der Waals surface area contributed by atoms with Gasteiger partial charge in [-0.3, -0.25) is 4.79 Å². The van der Waals surface area contributed by atoms with Crippen molar-refractivity contribution < 1.29 is 23.8 Å². The van der Waals surface area contributed by atoms with Gasteiger partial charge in [-0.25, -0.2) is 4.79 Å². The molecule has 138 valence electrons. The van der Waals surface area contributed by atoms with Crippen molar-refractivity contribution in [1.82, 2.24) is 0 Å². The number of ether oxygens (including phenoxy) is 3. The molecule has 0 spiro atoms. The average Bonchev–Trinajstić information content (AvgIpc) is 2.67. The largest absolute Gasteiger partial charge is 0.497 e. The van der Waals surface area contributed by atoms with Crippen LogP contribution in [0.2, 0.25) is 5.02 Å². The van der Waals surface area contributed by atoms with Gasteiger partial charge in [-0.1, -0.05) is 18.5 Å². The van der Waals surface area contributed by atoms with E-state index in [2.05, 4.69) is 10.1 Å². The standard InChI is InChI=1S/C19H20ClNO5/c1-4-17(26-14-8-6-13(24-2)7-9-14)18(22)21-16-11-12(19(23)25-3)5-10-15(16)20/h5-11,17H,4H2,1-3H3,(H,21,22)/t17-/m0/s1. The highest BCUT2D eigenvalue weighted by atomic mass is 35.5. The number of anilines is 1. The number of benzene rings is 2. The topological polar surface area (TPSA) is 73.9 Å². The van der Waals surface area contributed by atoms with Gasteiger partial charge in [-0.2, -0.15) is 0 Å². The molecule has 0 radical (unpaired) electrons. The molecule has 2 rings (SSSR count). The summed E-state index contributed by atoms with van der Waals surface area (Å²) in [5, 5.41) is 3.01. The Morgan fingerprint density at radius 3 is 2.31 bits per heavy atom. The summed E-state index contributed by atoms with van der Waals surface area (Å²) in [6.45, 7) is 1.83. The molecule has 26 heavy (non-hydrogen) atoms. The highest BCUT2D eigenvalue weighted by molar-refractivity contribution is 6.33. The zero-order valence-corrected chi connectivity index (χ0v) is 15.5. The first-order valence-electron chi connectivity index (χ1n) is 7.98. The predicted molar refractivity (Wildman–Crippen MR) is 99.1 cm³/mol. The van der Waals surface area contributed by atoms with Crippen molar-refractivity contribution in [2.45, 2.75) is 19.4 Å². The number of nitrogens with one attached hydrogen (secondary N) is 1. The molecule has 0 saturated heterocycles. The molecule has 2 aromatic rings. The third-order valence-corrected chi connectivity index (χ3v) is 3.98. The molecule has 6 nitrogen and oxygen atoms in total. The van der Waals surface area contributed by atoms with E-state index >= 15 is 0 Å². The van der Waals surface area contributed by atoms with Crippen molar-refractivity contribution in [2.24, 2.45) is 0 Å². The summed E-state index contributed by atoms with van der Waals surface area (Å²) < 4.78 is 15.5. The Labute approximate surface area is 157 Å². The van der Waals surface area contributed by atoms with Gasteiger partial charge >= 0.3 is 5.97 Å². The normalized spacial score (nSPS) is 11.4. The van der Waals surface area contributed by atoms with E-state index in [1.807, 2.05) is 6.92 Å². The highest BCUT2D eigenvalue weighted by Gasteiger charge is 2.20. The summed E-state index contributed by atoms with van der Waals surface area (Å²) in [5.74, 6) is 0.356. The molecule has 0 aliphatic rings. The van der Waals surface area contributed by atoms with Crippen LogP contribution in [0.25, 0.3) is 0 Å². The molecule has 0 bridgehead atoms. The van der Waals surface area contributed by atoms with Gasteiger partial charge in [0.25, 0.3) is 5.91 Å². The van der Waals surface area contributed by atoms with Crippen LogP contribution in [-0.4, -0.2) is 32.2 Å². The molecule has 7 heteroatoms. The van der Waals surface area contributed by atoms with Crippen LogP contribution in [-0.2, 0) is 9.53 Å². The third-order valence-electron chi connectivity index (χ3n) is 3.65. The molecule has 0 aliphatic carbocycles. The number of halogens is 1. The van der Waals surface area contributed by atoms with E-state index in [-0.39, 0.29) is 11.5 Å². The van der Waals surface area contributed by atoms with Crippen molar-refractivity contribution in [2.75, 3.05) is 19.5 Å². The summed E-state index contributed by atoms with van der Waals surface area (Å²) in [7, 11) is 2.86. The molecule has 0 heterocycles. The first kappa shape index (κ1) is 19.6. The van der Waals surface area contributed by atoms with Gasteiger partial charge in [0.2, 0.25) is 0 Å². The Kier molecular flexibility index (Phi) is 6.86. The minimum Gasteiger partial charge on any atom is -0.497 e. The van der Waals surface area contributed by atoms with Gasteiger partial charge in [-0.15, -0.1) is 0 Å². The lowest BCUT2D eigenvalue weighted by atomic mass is 10.2. The van der Waals surface area contributed by atoms with E-state index in [0.29, 0.717) is 28.6 Å². The van der Waals surface area contributed by atoms with Crippen LogP contribution in [0, 0.1) is 0 Å². The molecule has 1 amide bonds. The lowest BCUT2D eigenvalue weighted by molar-refractivity contribution is -0.122. The number of carbonyl (C=O) groups excluding carboxylic acids is 2. The number of carbonyl (C=O) groups is 2. The number of amides is 1. The molecule has 1 N–H and O–H groups in total. The van der Waals surface area contributed by atoms with Crippen molar-refractivity contribution in [3.8, 4) is 11.5 Å². The Balaban J connectivity index is 2.12. The summed E-state index contributed by atoms with van der Waals surface area (Å²) in [4.78, 5) is 24.2. The first-order valence-corrected chi connectivity index (χ1v) is 8.35. The van der Waals surface area contributed by atoms with E-state index in [9.17, 15) is 9.59 Å². The van der Waals surface area contributed by atoms with E-state index in [4.69, 9.17) is 21.1 Å². The zero-order valence-electron chi connectivity index (χ0n) is 14.7. The molecule has 2 aromatic carbocycles. The monoisotopic (exact) mass is 377 g/mol. The van der Waals surface area contributed by atoms with Crippen molar-refractivity contribution in [3.63, 3.8) is 0 Å². The number of hydrogen-bond acceptors (Lipinski definition) is 5. The Bertz CT molecular complexity index is 776. The number of esters is 1. The summed E-state index contributed by atoms with van der Waals surface area (Å²) in [6.07, 6.45) is -0.271. The summed E-state index contributed by atoms with van der Waals surface area (Å²) >= 11 is 6.11. The predicted octanol–water partition coefficient (Wildman–Crippen LogP) is 3.93. The van der Waals surface area contributed by atoms with Gasteiger partial charge in [0, 0.05) is 0 Å². The van der Waals surface area contributed by atoms with Crippen molar-refractivity contribution in [1.29, 1.82) is 0 Å². The van der Waals surface area contributed by atoms with Crippen molar-refractivity contribution >= 4 is 29.2 Å². The fourth-order valence-electron chi connectivity index (χ4n) is 2.22. The Morgan fingerprint density at radius 2 is 1.73 bits per heavy atom. The number of hydrogen-bond donors (Lipinski definition) is 1.